The largest absolute Gasteiger partial charge is 0.469 e. The van der Waals surface area contributed by atoms with E-state index in [-0.39, 0.29) is 31.1 Å². The molecule has 0 bridgehead atoms. The molecule has 3 rings (SSSR count). The van der Waals surface area contributed by atoms with Crippen LogP contribution < -0.4 is 10.2 Å². The van der Waals surface area contributed by atoms with Gasteiger partial charge in [-0.3, -0.25) is 14.4 Å². The number of thiophene rings is 1. The molecule has 1 aliphatic rings. The minimum absolute atomic E-state index is 0.0629. The van der Waals surface area contributed by atoms with Gasteiger partial charge in [0.15, 0.2) is 0 Å². The average Bonchev–Trinajstić information content (AvgIpc) is 3.26. The van der Waals surface area contributed by atoms with Gasteiger partial charge < -0.3 is 15.0 Å². The molecule has 1 aliphatic heterocycles. The van der Waals surface area contributed by atoms with Crippen LogP contribution in [-0.4, -0.2) is 37.2 Å². The molecular formula is C20H22N2O4S2. The average molecular weight is 419 g/mol. The number of benzene rings is 1. The summed E-state index contributed by atoms with van der Waals surface area (Å²) in [5.74, 6) is 0.130. The zero-order chi connectivity index (χ0) is 19.9. The predicted octanol–water partition coefficient (Wildman–Crippen LogP) is 3.39. The third-order valence-electron chi connectivity index (χ3n) is 4.42. The van der Waals surface area contributed by atoms with Gasteiger partial charge in [0.1, 0.15) is 0 Å². The van der Waals surface area contributed by atoms with Crippen LogP contribution in [0.15, 0.2) is 46.7 Å². The Kier molecular flexibility index (Phi) is 7.11. The molecule has 0 radical (unpaired) electrons. The van der Waals surface area contributed by atoms with Crippen molar-refractivity contribution in [2.24, 2.45) is 0 Å². The standard InChI is InChI=1S/C20H22N2O4S2/c1-26-20(25)13-14(16-7-4-11-27-16)21-18(23)8-9-19(24)22-10-12-28-17-6-3-2-5-15(17)22/h2-7,11,14H,8-10,12-13H2,1H3,(H,21,23). The first-order chi connectivity index (χ1) is 13.6. The second kappa shape index (κ2) is 9.75. The van der Waals surface area contributed by atoms with Gasteiger partial charge in [-0.25, -0.2) is 0 Å². The predicted molar refractivity (Wildman–Crippen MR) is 111 cm³/mol. The van der Waals surface area contributed by atoms with Crippen molar-refractivity contribution in [1.82, 2.24) is 5.32 Å². The fraction of sp³-hybridized carbons (Fsp3) is 0.350. The topological polar surface area (TPSA) is 75.7 Å². The molecule has 1 atom stereocenters. The molecule has 2 amide bonds. The first-order valence-electron chi connectivity index (χ1n) is 9.00. The first-order valence-corrected chi connectivity index (χ1v) is 10.9. The Morgan fingerprint density at radius 1 is 1.18 bits per heavy atom. The zero-order valence-corrected chi connectivity index (χ0v) is 17.2. The summed E-state index contributed by atoms with van der Waals surface area (Å²) in [6.45, 7) is 0.641. The highest BCUT2D eigenvalue weighted by molar-refractivity contribution is 7.99. The maximum absolute atomic E-state index is 12.7. The quantitative estimate of drug-likeness (QED) is 0.698. The van der Waals surface area contributed by atoms with Crippen molar-refractivity contribution >= 4 is 46.6 Å². The summed E-state index contributed by atoms with van der Waals surface area (Å²) in [5, 5.41) is 4.75. The lowest BCUT2D eigenvalue weighted by molar-refractivity contribution is -0.141. The van der Waals surface area contributed by atoms with Crippen LogP contribution in [0.3, 0.4) is 0 Å². The van der Waals surface area contributed by atoms with Gasteiger partial charge in [-0.1, -0.05) is 18.2 Å². The minimum Gasteiger partial charge on any atom is -0.469 e. The van der Waals surface area contributed by atoms with E-state index in [1.807, 2.05) is 41.8 Å². The van der Waals surface area contributed by atoms with E-state index in [0.29, 0.717) is 6.54 Å². The molecule has 1 aromatic heterocycles. The number of amides is 2. The number of hydrogen-bond donors (Lipinski definition) is 1. The molecule has 1 N–H and O–H groups in total. The summed E-state index contributed by atoms with van der Waals surface area (Å²) in [5.41, 5.74) is 0.909. The molecule has 0 saturated carbocycles. The van der Waals surface area contributed by atoms with Crippen molar-refractivity contribution in [3.63, 3.8) is 0 Å². The van der Waals surface area contributed by atoms with Crippen LogP contribution in [0, 0.1) is 0 Å². The number of para-hydroxylation sites is 1. The van der Waals surface area contributed by atoms with E-state index in [1.54, 1.807) is 16.7 Å². The smallest absolute Gasteiger partial charge is 0.307 e. The number of fused-ring (bicyclic) bond motifs is 1. The van der Waals surface area contributed by atoms with Gasteiger partial charge in [-0.2, -0.15) is 0 Å². The van der Waals surface area contributed by atoms with E-state index in [9.17, 15) is 14.4 Å². The SMILES string of the molecule is COC(=O)CC(NC(=O)CCC(=O)N1CCSc2ccccc21)c1cccs1. The van der Waals surface area contributed by atoms with Crippen LogP contribution in [-0.2, 0) is 19.1 Å². The Bertz CT molecular complexity index is 838. The number of nitrogens with zero attached hydrogens (tertiary/aromatic N) is 1. The van der Waals surface area contributed by atoms with Crippen LogP contribution >= 0.6 is 23.1 Å². The van der Waals surface area contributed by atoms with Crippen molar-refractivity contribution in [3.8, 4) is 0 Å². The van der Waals surface area contributed by atoms with Gasteiger partial charge >= 0.3 is 5.97 Å². The number of carbonyl (C=O) groups is 3. The van der Waals surface area contributed by atoms with Crippen LogP contribution in [0.25, 0.3) is 0 Å². The highest BCUT2D eigenvalue weighted by Gasteiger charge is 2.24. The zero-order valence-electron chi connectivity index (χ0n) is 15.6. The monoisotopic (exact) mass is 418 g/mol. The van der Waals surface area contributed by atoms with Gasteiger partial charge in [-0.15, -0.1) is 23.1 Å². The summed E-state index contributed by atoms with van der Waals surface area (Å²) in [6, 6.07) is 11.1. The Balaban J connectivity index is 1.57. The van der Waals surface area contributed by atoms with Gasteiger partial charge in [0, 0.05) is 34.9 Å². The van der Waals surface area contributed by atoms with Gasteiger partial charge in [-0.05, 0) is 23.6 Å². The molecule has 1 unspecified atom stereocenters. The fourth-order valence-electron chi connectivity index (χ4n) is 3.01. The summed E-state index contributed by atoms with van der Waals surface area (Å²) in [6.07, 6.45) is 0.265. The Morgan fingerprint density at radius 2 is 2.00 bits per heavy atom. The molecule has 0 spiro atoms. The lowest BCUT2D eigenvalue weighted by Crippen LogP contribution is -2.36. The van der Waals surface area contributed by atoms with Gasteiger partial charge in [0.05, 0.1) is 25.3 Å². The summed E-state index contributed by atoms with van der Waals surface area (Å²) in [4.78, 5) is 40.5. The van der Waals surface area contributed by atoms with E-state index < -0.39 is 12.0 Å². The maximum atomic E-state index is 12.7. The molecule has 148 valence electrons. The second-order valence-electron chi connectivity index (χ2n) is 6.28. The summed E-state index contributed by atoms with van der Waals surface area (Å²) in [7, 11) is 1.32. The van der Waals surface area contributed by atoms with E-state index in [1.165, 1.54) is 18.4 Å². The molecule has 0 saturated heterocycles. The molecule has 2 aromatic rings. The molecule has 0 fully saturated rings. The van der Waals surface area contributed by atoms with Crippen LogP contribution in [0.5, 0.6) is 0 Å². The van der Waals surface area contributed by atoms with Crippen molar-refractivity contribution < 1.29 is 19.1 Å². The van der Waals surface area contributed by atoms with E-state index >= 15 is 0 Å². The summed E-state index contributed by atoms with van der Waals surface area (Å²) < 4.78 is 4.72. The van der Waals surface area contributed by atoms with Crippen molar-refractivity contribution in [2.75, 3.05) is 24.3 Å². The van der Waals surface area contributed by atoms with Gasteiger partial charge in [0.2, 0.25) is 11.8 Å². The van der Waals surface area contributed by atoms with Crippen LogP contribution in [0.1, 0.15) is 30.2 Å². The van der Waals surface area contributed by atoms with Crippen LogP contribution in [0.4, 0.5) is 5.69 Å². The van der Waals surface area contributed by atoms with Crippen molar-refractivity contribution in [1.29, 1.82) is 0 Å². The number of thioether (sulfide) groups is 1. The number of nitrogens with one attached hydrogen (secondary N) is 1. The molecule has 8 heteroatoms. The molecule has 1 aromatic carbocycles. The lowest BCUT2D eigenvalue weighted by atomic mass is 10.1. The van der Waals surface area contributed by atoms with Crippen LogP contribution in [0.2, 0.25) is 0 Å². The molecule has 0 aliphatic carbocycles. The first kappa shape index (κ1) is 20.4. The lowest BCUT2D eigenvalue weighted by Gasteiger charge is -2.29. The molecule has 28 heavy (non-hydrogen) atoms. The maximum Gasteiger partial charge on any atom is 0.307 e. The molecular weight excluding hydrogens is 396 g/mol. The molecule has 6 nitrogen and oxygen atoms in total. The number of rotatable bonds is 7. The third-order valence-corrected chi connectivity index (χ3v) is 6.44. The highest BCUT2D eigenvalue weighted by atomic mass is 32.2. The third kappa shape index (κ3) is 5.14. The Labute approximate surface area is 172 Å². The number of anilines is 1. The fourth-order valence-corrected chi connectivity index (χ4v) is 4.79. The molecule has 2 heterocycles. The van der Waals surface area contributed by atoms with E-state index in [4.69, 9.17) is 4.74 Å². The number of esters is 1. The number of hydrogen-bond acceptors (Lipinski definition) is 6. The van der Waals surface area contributed by atoms with Crippen molar-refractivity contribution in [3.05, 3.63) is 46.7 Å². The van der Waals surface area contributed by atoms with Gasteiger partial charge in [0.25, 0.3) is 0 Å². The second-order valence-corrected chi connectivity index (χ2v) is 8.39. The van der Waals surface area contributed by atoms with Crippen molar-refractivity contribution in [2.45, 2.75) is 30.2 Å². The van der Waals surface area contributed by atoms with E-state index in [0.717, 1.165) is 21.2 Å². The summed E-state index contributed by atoms with van der Waals surface area (Å²) >= 11 is 3.20. The van der Waals surface area contributed by atoms with E-state index in [2.05, 4.69) is 5.32 Å². The number of carbonyl (C=O) groups excluding carboxylic acids is 3. The number of methoxy groups -OCH3 is 1. The minimum atomic E-state index is -0.442. The highest BCUT2D eigenvalue weighted by Crippen LogP contribution is 2.34. The Hall–Kier alpha value is -2.32. The normalized spacial score (nSPS) is 14.1. The number of ether oxygens (including phenoxy) is 1. The Morgan fingerprint density at radius 3 is 2.75 bits per heavy atom.